The van der Waals surface area contributed by atoms with Crippen molar-refractivity contribution < 1.29 is 19.1 Å². The number of hydrogen-bond acceptors (Lipinski definition) is 3. The third-order valence-electron chi connectivity index (χ3n) is 3.28. The molecule has 1 aliphatic rings. The molecule has 5 nitrogen and oxygen atoms in total. The average Bonchev–Trinajstić information content (AvgIpc) is 2.81. The summed E-state index contributed by atoms with van der Waals surface area (Å²) in [6.45, 7) is -0.201. The first-order valence-electron chi connectivity index (χ1n) is 6.11. The molecule has 1 aromatic rings. The monoisotopic (exact) mass is 266 g/mol. The number of aryl methyl sites for hydroxylation is 1. The number of likely N-dealkylation sites (tertiary alicyclic amines) is 1. The smallest absolute Gasteiger partial charge is 0.343 e. The first-order chi connectivity index (χ1) is 9.01. The van der Waals surface area contributed by atoms with Crippen molar-refractivity contribution in [1.29, 1.82) is 0 Å². The molecule has 1 amide bonds. The van der Waals surface area contributed by atoms with Gasteiger partial charge in [0.1, 0.15) is 0 Å². The molecular formula is C13H15FN2O3. The molecule has 19 heavy (non-hydrogen) atoms. The summed E-state index contributed by atoms with van der Waals surface area (Å²) in [5.74, 6) is -1.72. The summed E-state index contributed by atoms with van der Waals surface area (Å²) in [6.07, 6.45) is 2.19. The van der Waals surface area contributed by atoms with Crippen LogP contribution in [0.1, 0.15) is 18.5 Å². The van der Waals surface area contributed by atoms with E-state index in [-0.39, 0.29) is 31.8 Å². The molecule has 1 atom stereocenters. The average molecular weight is 266 g/mol. The zero-order chi connectivity index (χ0) is 13.9. The van der Waals surface area contributed by atoms with Crippen molar-refractivity contribution in [1.82, 2.24) is 9.88 Å². The number of hydrogen-bond donors (Lipinski definition) is 1. The molecular weight excluding hydrogens is 251 g/mol. The molecule has 1 aliphatic heterocycles. The van der Waals surface area contributed by atoms with Gasteiger partial charge in [0.2, 0.25) is 11.6 Å². The lowest BCUT2D eigenvalue weighted by Crippen LogP contribution is -2.39. The standard InChI is InChI=1S/C13H15FN2O3/c14-13(12(18)19)6-8-16(9-13)11(17)5-4-10-3-1-2-7-15-10/h1-3,7H,4-6,8-9H2,(H,18,19). The van der Waals surface area contributed by atoms with Crippen molar-refractivity contribution in [3.8, 4) is 0 Å². The van der Waals surface area contributed by atoms with Crippen LogP contribution in [0.2, 0.25) is 0 Å². The highest BCUT2D eigenvalue weighted by molar-refractivity contribution is 5.82. The number of alkyl halides is 1. The van der Waals surface area contributed by atoms with Crippen molar-refractivity contribution in [2.45, 2.75) is 24.9 Å². The fourth-order valence-electron chi connectivity index (χ4n) is 2.10. The molecule has 0 spiro atoms. The Kier molecular flexibility index (Phi) is 3.78. The highest BCUT2D eigenvalue weighted by Gasteiger charge is 2.46. The minimum absolute atomic E-state index is 0.141. The normalized spacial score (nSPS) is 22.5. The van der Waals surface area contributed by atoms with Crippen molar-refractivity contribution >= 4 is 11.9 Å². The molecule has 2 heterocycles. The van der Waals surface area contributed by atoms with Gasteiger partial charge in [-0.3, -0.25) is 9.78 Å². The van der Waals surface area contributed by atoms with Gasteiger partial charge in [-0.05, 0) is 18.6 Å². The van der Waals surface area contributed by atoms with Crippen LogP contribution < -0.4 is 0 Å². The maximum atomic E-state index is 13.8. The molecule has 0 radical (unpaired) electrons. The van der Waals surface area contributed by atoms with Gasteiger partial charge in [0.15, 0.2) is 0 Å². The lowest BCUT2D eigenvalue weighted by atomic mass is 10.1. The number of aliphatic carboxylic acids is 1. The second-order valence-electron chi connectivity index (χ2n) is 4.66. The van der Waals surface area contributed by atoms with Crippen LogP contribution in [-0.4, -0.2) is 45.6 Å². The second-order valence-corrected chi connectivity index (χ2v) is 4.66. The largest absolute Gasteiger partial charge is 0.479 e. The number of rotatable bonds is 4. The van der Waals surface area contributed by atoms with E-state index < -0.39 is 11.6 Å². The Morgan fingerprint density at radius 2 is 2.26 bits per heavy atom. The van der Waals surface area contributed by atoms with Crippen LogP contribution in [-0.2, 0) is 16.0 Å². The van der Waals surface area contributed by atoms with Gasteiger partial charge in [-0.1, -0.05) is 6.07 Å². The number of carbonyl (C=O) groups excluding carboxylic acids is 1. The predicted octanol–water partition coefficient (Wildman–Crippen LogP) is 1.04. The highest BCUT2D eigenvalue weighted by Crippen LogP contribution is 2.26. The third kappa shape index (κ3) is 3.07. The highest BCUT2D eigenvalue weighted by atomic mass is 19.1. The van der Waals surface area contributed by atoms with E-state index in [2.05, 4.69) is 4.98 Å². The van der Waals surface area contributed by atoms with Crippen molar-refractivity contribution in [3.63, 3.8) is 0 Å². The molecule has 0 aromatic carbocycles. The summed E-state index contributed by atoms with van der Waals surface area (Å²) < 4.78 is 13.8. The van der Waals surface area contributed by atoms with E-state index in [0.717, 1.165) is 5.69 Å². The Morgan fingerprint density at radius 3 is 2.84 bits per heavy atom. The van der Waals surface area contributed by atoms with Crippen LogP contribution >= 0.6 is 0 Å². The molecule has 1 aromatic heterocycles. The SMILES string of the molecule is O=C(CCc1ccccn1)N1CCC(F)(C(=O)O)C1. The maximum absolute atomic E-state index is 13.8. The van der Waals surface area contributed by atoms with E-state index in [1.807, 2.05) is 12.1 Å². The van der Waals surface area contributed by atoms with Crippen LogP contribution in [0, 0.1) is 0 Å². The predicted molar refractivity (Wildman–Crippen MR) is 65.2 cm³/mol. The Labute approximate surface area is 110 Å². The van der Waals surface area contributed by atoms with E-state index >= 15 is 0 Å². The zero-order valence-corrected chi connectivity index (χ0v) is 10.4. The maximum Gasteiger partial charge on any atom is 0.343 e. The van der Waals surface area contributed by atoms with Crippen LogP contribution in [0.3, 0.4) is 0 Å². The van der Waals surface area contributed by atoms with Crippen LogP contribution in [0.15, 0.2) is 24.4 Å². The molecule has 0 bridgehead atoms. The Morgan fingerprint density at radius 1 is 1.47 bits per heavy atom. The van der Waals surface area contributed by atoms with Crippen molar-refractivity contribution in [2.24, 2.45) is 0 Å². The van der Waals surface area contributed by atoms with E-state index in [1.165, 1.54) is 4.90 Å². The summed E-state index contributed by atoms with van der Waals surface area (Å²) in [4.78, 5) is 28.0. The topological polar surface area (TPSA) is 70.5 Å². The van der Waals surface area contributed by atoms with Gasteiger partial charge in [0.05, 0.1) is 6.54 Å². The number of halogens is 1. The number of carboxylic acid groups (broad SMARTS) is 1. The number of carboxylic acids is 1. The van der Waals surface area contributed by atoms with Gasteiger partial charge in [0.25, 0.3) is 0 Å². The van der Waals surface area contributed by atoms with Gasteiger partial charge < -0.3 is 10.0 Å². The van der Waals surface area contributed by atoms with E-state index in [1.54, 1.807) is 12.3 Å². The first-order valence-corrected chi connectivity index (χ1v) is 6.11. The summed E-state index contributed by atoms with van der Waals surface area (Å²) in [5.41, 5.74) is -1.50. The molecule has 1 unspecified atom stereocenters. The fourth-order valence-corrected chi connectivity index (χ4v) is 2.10. The van der Waals surface area contributed by atoms with Gasteiger partial charge in [-0.25, -0.2) is 9.18 Å². The second kappa shape index (κ2) is 5.34. The summed E-state index contributed by atoms with van der Waals surface area (Å²) in [6, 6.07) is 5.43. The summed E-state index contributed by atoms with van der Waals surface area (Å²) in [7, 11) is 0. The Balaban J connectivity index is 1.87. The fraction of sp³-hybridized carbons (Fsp3) is 0.462. The van der Waals surface area contributed by atoms with Crippen molar-refractivity contribution in [3.05, 3.63) is 30.1 Å². The molecule has 0 aliphatic carbocycles. The first kappa shape index (κ1) is 13.5. The molecule has 0 saturated carbocycles. The molecule has 102 valence electrons. The van der Waals surface area contributed by atoms with E-state index in [0.29, 0.717) is 6.42 Å². The molecule has 1 saturated heterocycles. The van der Waals surface area contributed by atoms with Crippen LogP contribution in [0.5, 0.6) is 0 Å². The van der Waals surface area contributed by atoms with Gasteiger partial charge in [0, 0.05) is 31.3 Å². The number of nitrogens with zero attached hydrogens (tertiary/aromatic N) is 2. The van der Waals surface area contributed by atoms with Crippen LogP contribution in [0.25, 0.3) is 0 Å². The number of amides is 1. The van der Waals surface area contributed by atoms with Gasteiger partial charge >= 0.3 is 5.97 Å². The molecule has 2 rings (SSSR count). The molecule has 1 N–H and O–H groups in total. The third-order valence-corrected chi connectivity index (χ3v) is 3.28. The number of carbonyl (C=O) groups is 2. The lowest BCUT2D eigenvalue weighted by Gasteiger charge is -2.17. The Hall–Kier alpha value is -1.98. The van der Waals surface area contributed by atoms with Crippen molar-refractivity contribution in [2.75, 3.05) is 13.1 Å². The summed E-state index contributed by atoms with van der Waals surface area (Å²) in [5, 5.41) is 8.76. The van der Waals surface area contributed by atoms with Gasteiger partial charge in [-0.2, -0.15) is 0 Å². The number of aromatic nitrogens is 1. The zero-order valence-electron chi connectivity index (χ0n) is 10.4. The summed E-state index contributed by atoms with van der Waals surface area (Å²) >= 11 is 0. The molecule has 6 heteroatoms. The van der Waals surface area contributed by atoms with Gasteiger partial charge in [-0.15, -0.1) is 0 Å². The quantitative estimate of drug-likeness (QED) is 0.884. The van der Waals surface area contributed by atoms with Crippen LogP contribution in [0.4, 0.5) is 4.39 Å². The Bertz CT molecular complexity index is 480. The van der Waals surface area contributed by atoms with E-state index in [9.17, 15) is 14.0 Å². The van der Waals surface area contributed by atoms with E-state index in [4.69, 9.17) is 5.11 Å². The molecule has 1 fully saturated rings. The minimum Gasteiger partial charge on any atom is -0.479 e. The minimum atomic E-state index is -2.29. The number of pyridine rings is 1. The lowest BCUT2D eigenvalue weighted by molar-refractivity contribution is -0.150.